The number of amides is 1. The van der Waals surface area contributed by atoms with E-state index in [1.54, 1.807) is 12.1 Å². The molecule has 0 aromatic heterocycles. The number of nitrogens with one attached hydrogen (secondary N) is 1. The molecule has 1 amide bonds. The Hall–Kier alpha value is -1.46. The van der Waals surface area contributed by atoms with Crippen LogP contribution in [0.4, 0.5) is 0 Å². The van der Waals surface area contributed by atoms with E-state index in [9.17, 15) is 4.79 Å². The van der Waals surface area contributed by atoms with Gasteiger partial charge in [0.25, 0.3) is 5.91 Å². The summed E-state index contributed by atoms with van der Waals surface area (Å²) in [7, 11) is 0. The van der Waals surface area contributed by atoms with Crippen LogP contribution in [0.15, 0.2) is 45.8 Å². The molecule has 1 aliphatic rings. The molecule has 108 valence electrons. The van der Waals surface area contributed by atoms with Crippen molar-refractivity contribution in [2.75, 3.05) is 6.61 Å². The number of hydrogen-bond donors (Lipinski definition) is 2. The standard InChI is InChI=1S/C16H14BrNO2S/c17-12-7-10-5-6-20-15(10)11(8-12)9-18-16(19)13-3-1-2-4-14(13)21/h1-4,7-8,21H,5-6,9H2,(H,18,19). The average Bonchev–Trinajstić information content (AvgIpc) is 2.93. The minimum Gasteiger partial charge on any atom is -0.493 e. The summed E-state index contributed by atoms with van der Waals surface area (Å²) in [6.45, 7) is 1.13. The van der Waals surface area contributed by atoms with Crippen molar-refractivity contribution in [3.63, 3.8) is 0 Å². The number of hydrogen-bond acceptors (Lipinski definition) is 3. The van der Waals surface area contributed by atoms with Crippen molar-refractivity contribution in [2.45, 2.75) is 17.9 Å². The summed E-state index contributed by atoms with van der Waals surface area (Å²) < 4.78 is 6.66. The molecule has 0 aliphatic carbocycles. The monoisotopic (exact) mass is 363 g/mol. The van der Waals surface area contributed by atoms with Crippen LogP contribution >= 0.6 is 28.6 Å². The lowest BCUT2D eigenvalue weighted by Gasteiger charge is -2.11. The highest BCUT2D eigenvalue weighted by atomic mass is 79.9. The molecule has 0 unspecified atom stereocenters. The number of halogens is 1. The second kappa shape index (κ2) is 6.12. The van der Waals surface area contributed by atoms with Crippen LogP contribution in [0, 0.1) is 0 Å². The van der Waals surface area contributed by atoms with Gasteiger partial charge in [0.2, 0.25) is 0 Å². The van der Waals surface area contributed by atoms with Gasteiger partial charge in [0, 0.05) is 27.9 Å². The number of thiol groups is 1. The van der Waals surface area contributed by atoms with Crippen molar-refractivity contribution in [3.05, 3.63) is 57.6 Å². The number of rotatable bonds is 3. The number of benzene rings is 2. The number of carbonyl (C=O) groups excluding carboxylic acids is 1. The smallest absolute Gasteiger partial charge is 0.252 e. The van der Waals surface area contributed by atoms with Crippen LogP contribution in [0.25, 0.3) is 0 Å². The molecule has 0 fully saturated rings. The van der Waals surface area contributed by atoms with E-state index in [2.05, 4.69) is 39.9 Å². The van der Waals surface area contributed by atoms with E-state index in [1.807, 2.05) is 18.2 Å². The summed E-state index contributed by atoms with van der Waals surface area (Å²) >= 11 is 7.80. The van der Waals surface area contributed by atoms with Gasteiger partial charge in [0.1, 0.15) is 5.75 Å². The molecule has 0 bridgehead atoms. The molecule has 3 nitrogen and oxygen atoms in total. The summed E-state index contributed by atoms with van der Waals surface area (Å²) in [6, 6.07) is 11.3. The van der Waals surface area contributed by atoms with E-state index in [0.29, 0.717) is 23.6 Å². The highest BCUT2D eigenvalue weighted by Crippen LogP contribution is 2.32. The minimum atomic E-state index is -0.132. The number of fused-ring (bicyclic) bond motifs is 1. The molecule has 1 heterocycles. The van der Waals surface area contributed by atoms with Gasteiger partial charge in [-0.05, 0) is 29.8 Å². The summed E-state index contributed by atoms with van der Waals surface area (Å²) in [5, 5.41) is 2.92. The van der Waals surface area contributed by atoms with Crippen molar-refractivity contribution in [2.24, 2.45) is 0 Å². The van der Waals surface area contributed by atoms with Gasteiger partial charge in [-0.3, -0.25) is 4.79 Å². The van der Waals surface area contributed by atoms with Gasteiger partial charge >= 0.3 is 0 Å². The van der Waals surface area contributed by atoms with Crippen LogP contribution in [0.3, 0.4) is 0 Å². The minimum absolute atomic E-state index is 0.132. The topological polar surface area (TPSA) is 38.3 Å². The third kappa shape index (κ3) is 3.09. The van der Waals surface area contributed by atoms with E-state index in [4.69, 9.17) is 4.74 Å². The number of ether oxygens (including phenoxy) is 1. The van der Waals surface area contributed by atoms with Gasteiger partial charge in [-0.2, -0.15) is 0 Å². The fourth-order valence-corrected chi connectivity index (χ4v) is 3.23. The average molecular weight is 364 g/mol. The second-order valence-corrected chi connectivity index (χ2v) is 6.25. The fourth-order valence-electron chi connectivity index (χ4n) is 2.41. The lowest BCUT2D eigenvalue weighted by atomic mass is 10.1. The Kier molecular flexibility index (Phi) is 4.22. The molecule has 0 spiro atoms. The Labute approximate surface area is 137 Å². The molecule has 0 saturated carbocycles. The second-order valence-electron chi connectivity index (χ2n) is 4.85. The SMILES string of the molecule is O=C(NCc1cc(Br)cc2c1OCC2)c1ccccc1S. The van der Waals surface area contributed by atoms with E-state index in [1.165, 1.54) is 5.56 Å². The molecule has 1 N–H and O–H groups in total. The Bertz CT molecular complexity index is 703. The van der Waals surface area contributed by atoms with E-state index < -0.39 is 0 Å². The van der Waals surface area contributed by atoms with Crippen LogP contribution in [0.2, 0.25) is 0 Å². The zero-order valence-corrected chi connectivity index (χ0v) is 13.7. The molecular weight excluding hydrogens is 350 g/mol. The molecule has 2 aromatic rings. The lowest BCUT2D eigenvalue weighted by molar-refractivity contribution is 0.0948. The van der Waals surface area contributed by atoms with E-state index in [-0.39, 0.29) is 5.91 Å². The number of carbonyl (C=O) groups is 1. The van der Waals surface area contributed by atoms with Crippen molar-refractivity contribution < 1.29 is 9.53 Å². The van der Waals surface area contributed by atoms with Crippen LogP contribution < -0.4 is 10.1 Å². The molecule has 2 aromatic carbocycles. The Morgan fingerprint density at radius 3 is 2.95 bits per heavy atom. The van der Waals surface area contributed by atoms with Gasteiger partial charge in [-0.1, -0.05) is 28.1 Å². The highest BCUT2D eigenvalue weighted by Gasteiger charge is 2.18. The van der Waals surface area contributed by atoms with Gasteiger partial charge in [0.05, 0.1) is 12.2 Å². The maximum atomic E-state index is 12.2. The van der Waals surface area contributed by atoms with Gasteiger partial charge < -0.3 is 10.1 Å². The van der Waals surface area contributed by atoms with E-state index >= 15 is 0 Å². The molecule has 0 radical (unpaired) electrons. The summed E-state index contributed by atoms with van der Waals surface area (Å²) in [4.78, 5) is 12.9. The largest absolute Gasteiger partial charge is 0.493 e. The first kappa shape index (κ1) is 14.5. The normalized spacial score (nSPS) is 12.7. The highest BCUT2D eigenvalue weighted by molar-refractivity contribution is 9.10. The van der Waals surface area contributed by atoms with Crippen LogP contribution in [0.1, 0.15) is 21.5 Å². The summed E-state index contributed by atoms with van der Waals surface area (Å²) in [6.07, 6.45) is 0.912. The third-order valence-electron chi connectivity index (χ3n) is 3.41. The molecule has 5 heteroatoms. The van der Waals surface area contributed by atoms with Gasteiger partial charge in [-0.25, -0.2) is 0 Å². The molecule has 3 rings (SSSR count). The first-order valence-electron chi connectivity index (χ1n) is 6.65. The van der Waals surface area contributed by atoms with Crippen molar-refractivity contribution >= 4 is 34.5 Å². The van der Waals surface area contributed by atoms with Crippen molar-refractivity contribution in [3.8, 4) is 5.75 Å². The van der Waals surface area contributed by atoms with Crippen molar-refractivity contribution in [1.29, 1.82) is 0 Å². The maximum absolute atomic E-state index is 12.2. The summed E-state index contributed by atoms with van der Waals surface area (Å²) in [5.74, 6) is 0.769. The third-order valence-corrected chi connectivity index (χ3v) is 4.26. The van der Waals surface area contributed by atoms with Crippen LogP contribution in [-0.4, -0.2) is 12.5 Å². The fraction of sp³-hybridized carbons (Fsp3) is 0.188. The van der Waals surface area contributed by atoms with E-state index in [0.717, 1.165) is 22.2 Å². The Morgan fingerprint density at radius 2 is 2.14 bits per heavy atom. The van der Waals surface area contributed by atoms with Gasteiger partial charge in [-0.15, -0.1) is 12.6 Å². The molecule has 1 aliphatic heterocycles. The van der Waals surface area contributed by atoms with Crippen molar-refractivity contribution in [1.82, 2.24) is 5.32 Å². The van der Waals surface area contributed by atoms with Gasteiger partial charge in [0.15, 0.2) is 0 Å². The van der Waals surface area contributed by atoms with Crippen LogP contribution in [-0.2, 0) is 13.0 Å². The molecular formula is C16H14BrNO2S. The van der Waals surface area contributed by atoms with Crippen LogP contribution in [0.5, 0.6) is 5.75 Å². The summed E-state index contributed by atoms with van der Waals surface area (Å²) in [5.41, 5.74) is 2.75. The first-order chi connectivity index (χ1) is 10.1. The Morgan fingerprint density at radius 1 is 1.33 bits per heavy atom. The molecule has 21 heavy (non-hydrogen) atoms. The quantitative estimate of drug-likeness (QED) is 0.817. The predicted octanol–water partition coefficient (Wildman–Crippen LogP) is 3.60. The predicted molar refractivity (Wildman–Crippen MR) is 88.2 cm³/mol. The zero-order chi connectivity index (χ0) is 14.8. The first-order valence-corrected chi connectivity index (χ1v) is 7.89. The maximum Gasteiger partial charge on any atom is 0.252 e. The Balaban J connectivity index is 1.77. The molecule has 0 saturated heterocycles. The molecule has 0 atom stereocenters. The lowest BCUT2D eigenvalue weighted by Crippen LogP contribution is -2.23. The zero-order valence-electron chi connectivity index (χ0n) is 11.2.